The molecule has 0 spiro atoms. The van der Waals surface area contributed by atoms with Gasteiger partial charge >= 0.3 is 11.9 Å². The Labute approximate surface area is 219 Å². The van der Waals surface area contributed by atoms with E-state index in [1.165, 1.54) is 5.56 Å². The van der Waals surface area contributed by atoms with Crippen molar-refractivity contribution in [2.24, 2.45) is 5.41 Å². The van der Waals surface area contributed by atoms with Crippen molar-refractivity contribution >= 4 is 11.9 Å². The number of hydrogen-bond donors (Lipinski definition) is 0. The third-order valence-corrected chi connectivity index (χ3v) is 6.74. The fourth-order valence-corrected chi connectivity index (χ4v) is 4.61. The first-order valence-corrected chi connectivity index (χ1v) is 13.2. The normalized spacial score (nSPS) is 14.2. The van der Waals surface area contributed by atoms with Crippen molar-refractivity contribution in [1.82, 2.24) is 0 Å². The zero-order valence-corrected chi connectivity index (χ0v) is 22.0. The van der Waals surface area contributed by atoms with Crippen LogP contribution in [-0.2, 0) is 15.9 Å². The molecule has 0 bridgehead atoms. The molecule has 0 aromatic heterocycles. The van der Waals surface area contributed by atoms with E-state index in [0.29, 0.717) is 16.9 Å². The Morgan fingerprint density at radius 2 is 1.30 bits per heavy atom. The van der Waals surface area contributed by atoms with E-state index >= 15 is 0 Å². The molecule has 0 unspecified atom stereocenters. The average Bonchev–Trinajstić information content (AvgIpc) is 2.89. The van der Waals surface area contributed by atoms with Gasteiger partial charge in [-0.2, -0.15) is 0 Å². The minimum atomic E-state index is -0.445. The third-order valence-electron chi connectivity index (χ3n) is 6.74. The third kappa shape index (κ3) is 7.07. The van der Waals surface area contributed by atoms with Gasteiger partial charge in [0.25, 0.3) is 0 Å². The van der Waals surface area contributed by atoms with Crippen LogP contribution in [0, 0.1) is 5.41 Å². The Kier molecular flexibility index (Phi) is 8.78. The van der Waals surface area contributed by atoms with Crippen molar-refractivity contribution in [2.75, 3.05) is 13.2 Å². The van der Waals surface area contributed by atoms with Crippen molar-refractivity contribution in [3.8, 4) is 16.9 Å². The second-order valence-electron chi connectivity index (χ2n) is 10.3. The molecule has 5 nitrogen and oxygen atoms in total. The quantitative estimate of drug-likeness (QED) is 0.205. The van der Waals surface area contributed by atoms with Crippen LogP contribution in [0.15, 0.2) is 72.8 Å². The van der Waals surface area contributed by atoms with Gasteiger partial charge in [0.15, 0.2) is 0 Å². The van der Waals surface area contributed by atoms with E-state index in [2.05, 4.69) is 45.0 Å². The number of carbonyl (C=O) groups excluding carboxylic acids is 2. The van der Waals surface area contributed by atoms with Crippen LogP contribution in [0.25, 0.3) is 11.1 Å². The fourth-order valence-electron chi connectivity index (χ4n) is 4.61. The summed E-state index contributed by atoms with van der Waals surface area (Å²) in [4.78, 5) is 25.1. The number of rotatable bonds is 11. The maximum absolute atomic E-state index is 12.7. The lowest BCUT2D eigenvalue weighted by atomic mass is 9.82. The van der Waals surface area contributed by atoms with Crippen LogP contribution in [0.3, 0.4) is 0 Å². The predicted octanol–water partition coefficient (Wildman–Crippen LogP) is 7.28. The molecular formula is C32H36O5. The van der Waals surface area contributed by atoms with E-state index < -0.39 is 5.97 Å². The highest BCUT2D eigenvalue weighted by atomic mass is 16.5. The lowest BCUT2D eigenvalue weighted by molar-refractivity contribution is -0.100. The Morgan fingerprint density at radius 3 is 1.81 bits per heavy atom. The van der Waals surface area contributed by atoms with Crippen molar-refractivity contribution in [1.29, 1.82) is 0 Å². The van der Waals surface area contributed by atoms with E-state index in [4.69, 9.17) is 14.2 Å². The van der Waals surface area contributed by atoms with Crippen LogP contribution < -0.4 is 4.74 Å². The van der Waals surface area contributed by atoms with Crippen molar-refractivity contribution in [2.45, 2.75) is 59.0 Å². The van der Waals surface area contributed by atoms with E-state index in [1.54, 1.807) is 36.4 Å². The highest BCUT2D eigenvalue weighted by Gasteiger charge is 2.33. The van der Waals surface area contributed by atoms with Crippen molar-refractivity contribution in [3.63, 3.8) is 0 Å². The van der Waals surface area contributed by atoms with Gasteiger partial charge < -0.3 is 14.2 Å². The number of benzene rings is 3. The standard InChI is InChI=1S/C32H36O5/c1-4-6-28(7-5-2)36-31(34)27-16-18-29(19-17-27)37-30(33)26-14-12-25(13-15-26)24-10-8-23(9-11-24)20-32(3)21-35-22-32/h8-19,28H,4-7,20-22H2,1-3H3. The van der Waals surface area contributed by atoms with Crippen LogP contribution in [0.1, 0.15) is 72.7 Å². The zero-order chi connectivity index (χ0) is 26.3. The Morgan fingerprint density at radius 1 is 0.784 bits per heavy atom. The second kappa shape index (κ2) is 12.2. The molecule has 1 aliphatic rings. The number of carbonyl (C=O) groups is 2. The highest BCUT2D eigenvalue weighted by Crippen LogP contribution is 2.31. The van der Waals surface area contributed by atoms with Gasteiger partial charge in [0, 0.05) is 5.41 Å². The van der Waals surface area contributed by atoms with Crippen molar-refractivity contribution < 1.29 is 23.8 Å². The first kappa shape index (κ1) is 26.6. The summed E-state index contributed by atoms with van der Waals surface area (Å²) in [5, 5.41) is 0. The first-order chi connectivity index (χ1) is 17.9. The summed E-state index contributed by atoms with van der Waals surface area (Å²) in [6, 6.07) is 22.4. The van der Waals surface area contributed by atoms with E-state index in [1.807, 2.05) is 12.1 Å². The molecule has 1 heterocycles. The summed E-state index contributed by atoms with van der Waals surface area (Å²) in [5.41, 5.74) is 4.59. The topological polar surface area (TPSA) is 61.8 Å². The maximum atomic E-state index is 12.7. The lowest BCUT2D eigenvalue weighted by Crippen LogP contribution is -2.41. The fraction of sp³-hybridized carbons (Fsp3) is 0.375. The van der Waals surface area contributed by atoms with Crippen LogP contribution in [0.2, 0.25) is 0 Å². The van der Waals surface area contributed by atoms with Crippen LogP contribution in [0.4, 0.5) is 0 Å². The smallest absolute Gasteiger partial charge is 0.343 e. The molecule has 0 atom stereocenters. The van der Waals surface area contributed by atoms with Crippen LogP contribution in [0.5, 0.6) is 5.75 Å². The van der Waals surface area contributed by atoms with Gasteiger partial charge in [-0.25, -0.2) is 9.59 Å². The van der Waals surface area contributed by atoms with Crippen LogP contribution >= 0.6 is 0 Å². The molecule has 0 radical (unpaired) electrons. The largest absolute Gasteiger partial charge is 0.459 e. The average molecular weight is 501 g/mol. The monoisotopic (exact) mass is 500 g/mol. The number of ether oxygens (including phenoxy) is 3. The minimum Gasteiger partial charge on any atom is -0.459 e. The molecular weight excluding hydrogens is 464 g/mol. The minimum absolute atomic E-state index is 0.0632. The molecule has 194 valence electrons. The Bertz CT molecular complexity index is 1170. The molecule has 0 amide bonds. The summed E-state index contributed by atoms with van der Waals surface area (Å²) in [6.45, 7) is 8.06. The summed E-state index contributed by atoms with van der Waals surface area (Å²) >= 11 is 0. The number of esters is 2. The van der Waals surface area contributed by atoms with Gasteiger partial charge in [0.1, 0.15) is 11.9 Å². The molecule has 0 N–H and O–H groups in total. The molecule has 37 heavy (non-hydrogen) atoms. The molecule has 1 saturated heterocycles. The second-order valence-corrected chi connectivity index (χ2v) is 10.3. The lowest BCUT2D eigenvalue weighted by Gasteiger charge is -2.38. The van der Waals surface area contributed by atoms with Crippen molar-refractivity contribution in [3.05, 3.63) is 89.5 Å². The molecule has 1 aliphatic heterocycles. The van der Waals surface area contributed by atoms with Crippen LogP contribution in [-0.4, -0.2) is 31.3 Å². The summed E-state index contributed by atoms with van der Waals surface area (Å²) in [7, 11) is 0. The van der Waals surface area contributed by atoms with E-state index in [0.717, 1.165) is 56.4 Å². The molecule has 1 fully saturated rings. The SMILES string of the molecule is CCCC(CCC)OC(=O)c1ccc(OC(=O)c2ccc(-c3ccc(CC4(C)COC4)cc3)cc2)cc1. The highest BCUT2D eigenvalue weighted by molar-refractivity contribution is 5.92. The van der Waals surface area contributed by atoms with Gasteiger partial charge in [0.05, 0.1) is 24.3 Å². The first-order valence-electron chi connectivity index (χ1n) is 13.2. The molecule has 3 aromatic carbocycles. The van der Waals surface area contributed by atoms with Gasteiger partial charge in [-0.3, -0.25) is 0 Å². The molecule has 0 saturated carbocycles. The summed E-state index contributed by atoms with van der Waals surface area (Å²) in [6.07, 6.45) is 4.60. The van der Waals surface area contributed by atoms with Gasteiger partial charge in [0.2, 0.25) is 0 Å². The molecule has 0 aliphatic carbocycles. The number of hydrogen-bond acceptors (Lipinski definition) is 5. The summed E-state index contributed by atoms with van der Waals surface area (Å²) < 4.78 is 16.5. The Balaban J connectivity index is 1.32. The predicted molar refractivity (Wildman–Crippen MR) is 145 cm³/mol. The Hall–Kier alpha value is -3.44. The van der Waals surface area contributed by atoms with Gasteiger partial charge in [-0.15, -0.1) is 0 Å². The van der Waals surface area contributed by atoms with E-state index in [-0.39, 0.29) is 17.5 Å². The van der Waals surface area contributed by atoms with Gasteiger partial charge in [-0.05, 0) is 72.4 Å². The maximum Gasteiger partial charge on any atom is 0.343 e. The van der Waals surface area contributed by atoms with Gasteiger partial charge in [-0.1, -0.05) is 70.0 Å². The van der Waals surface area contributed by atoms with E-state index in [9.17, 15) is 9.59 Å². The summed E-state index contributed by atoms with van der Waals surface area (Å²) in [5.74, 6) is -0.413. The zero-order valence-electron chi connectivity index (χ0n) is 22.0. The molecule has 4 rings (SSSR count). The molecule has 5 heteroatoms. The molecule has 3 aromatic rings.